The Labute approximate surface area is 477 Å². The number of allylic oxidation sites excluding steroid dienone is 14. The van der Waals surface area contributed by atoms with E-state index in [1.165, 1.54) is 180 Å². The average molecular weight is 1070 g/mol. The average Bonchev–Trinajstić information content (AvgIpc) is 3.43. The Morgan fingerprint density at radius 1 is 0.273 bits per heavy atom. The Bertz CT molecular complexity index is 1470. The van der Waals surface area contributed by atoms with Crippen molar-refractivity contribution in [2.75, 3.05) is 13.2 Å². The molecule has 1 unspecified atom stereocenters. The second kappa shape index (κ2) is 65.1. The molecule has 77 heavy (non-hydrogen) atoms. The van der Waals surface area contributed by atoms with Crippen molar-refractivity contribution in [3.8, 4) is 0 Å². The minimum Gasteiger partial charge on any atom is -0.462 e. The Hall–Kier alpha value is -3.41. The summed E-state index contributed by atoms with van der Waals surface area (Å²) in [5.74, 6) is -0.931. The van der Waals surface area contributed by atoms with Gasteiger partial charge in [-0.1, -0.05) is 305 Å². The van der Waals surface area contributed by atoms with Crippen LogP contribution in [0.15, 0.2) is 85.1 Å². The van der Waals surface area contributed by atoms with E-state index in [4.69, 9.17) is 14.2 Å². The molecule has 6 heteroatoms. The number of ether oxygens (including phenoxy) is 3. The van der Waals surface area contributed by atoms with Crippen molar-refractivity contribution in [3.63, 3.8) is 0 Å². The molecule has 0 radical (unpaired) electrons. The zero-order valence-electron chi connectivity index (χ0n) is 51.0. The molecule has 0 amide bonds. The van der Waals surface area contributed by atoms with Crippen LogP contribution in [-0.2, 0) is 28.6 Å². The first-order chi connectivity index (χ1) is 38.0. The largest absolute Gasteiger partial charge is 0.462 e. The van der Waals surface area contributed by atoms with Gasteiger partial charge < -0.3 is 14.2 Å². The molecule has 0 aromatic rings. The number of hydrogen-bond donors (Lipinski definition) is 0. The van der Waals surface area contributed by atoms with Crippen molar-refractivity contribution in [1.29, 1.82) is 0 Å². The van der Waals surface area contributed by atoms with Crippen LogP contribution in [0.25, 0.3) is 0 Å². The molecule has 0 fully saturated rings. The van der Waals surface area contributed by atoms with E-state index in [2.05, 4.69) is 106 Å². The van der Waals surface area contributed by atoms with E-state index < -0.39 is 6.10 Å². The number of hydrogen-bond acceptors (Lipinski definition) is 6. The molecular weight excluding hydrogens is 949 g/mol. The first kappa shape index (κ1) is 73.6. The van der Waals surface area contributed by atoms with Crippen LogP contribution in [0.3, 0.4) is 0 Å². The van der Waals surface area contributed by atoms with Crippen LogP contribution >= 0.6 is 0 Å². The highest BCUT2D eigenvalue weighted by Gasteiger charge is 2.19. The van der Waals surface area contributed by atoms with Crippen molar-refractivity contribution in [3.05, 3.63) is 85.1 Å². The van der Waals surface area contributed by atoms with Gasteiger partial charge >= 0.3 is 17.9 Å². The predicted molar refractivity (Wildman–Crippen MR) is 334 cm³/mol. The predicted octanol–water partition coefficient (Wildman–Crippen LogP) is 22.7. The molecule has 0 aromatic heterocycles. The minimum absolute atomic E-state index is 0.0915. The number of carbonyl (C=O) groups excluding carboxylic acids is 3. The van der Waals surface area contributed by atoms with Crippen LogP contribution in [0.1, 0.15) is 329 Å². The molecule has 0 N–H and O–H groups in total. The molecule has 0 spiro atoms. The summed E-state index contributed by atoms with van der Waals surface area (Å²) in [6.07, 6.45) is 86.1. The summed E-state index contributed by atoms with van der Waals surface area (Å²) in [6, 6.07) is 0. The lowest BCUT2D eigenvalue weighted by atomic mass is 10.0. The van der Waals surface area contributed by atoms with E-state index in [1.54, 1.807) is 0 Å². The molecule has 1 atom stereocenters. The van der Waals surface area contributed by atoms with Crippen molar-refractivity contribution in [2.45, 2.75) is 335 Å². The number of carbonyl (C=O) groups is 3. The molecule has 0 aliphatic heterocycles. The quantitative estimate of drug-likeness (QED) is 0.0261. The van der Waals surface area contributed by atoms with Crippen LogP contribution in [0, 0.1) is 0 Å². The fourth-order valence-corrected chi connectivity index (χ4v) is 9.51. The van der Waals surface area contributed by atoms with Gasteiger partial charge in [0, 0.05) is 19.3 Å². The first-order valence-electron chi connectivity index (χ1n) is 33.1. The van der Waals surface area contributed by atoms with Crippen molar-refractivity contribution in [2.24, 2.45) is 0 Å². The Morgan fingerprint density at radius 3 is 0.818 bits per heavy atom. The normalized spacial score (nSPS) is 12.6. The van der Waals surface area contributed by atoms with E-state index in [9.17, 15) is 14.4 Å². The fraction of sp³-hybridized carbons (Fsp3) is 0.761. The van der Waals surface area contributed by atoms with Gasteiger partial charge in [-0.2, -0.15) is 0 Å². The molecule has 0 bridgehead atoms. The summed E-state index contributed by atoms with van der Waals surface area (Å²) < 4.78 is 16.9. The van der Waals surface area contributed by atoms with E-state index in [1.807, 2.05) is 0 Å². The van der Waals surface area contributed by atoms with E-state index in [0.717, 1.165) is 109 Å². The summed E-state index contributed by atoms with van der Waals surface area (Å²) in [5, 5.41) is 0. The van der Waals surface area contributed by atoms with E-state index in [0.29, 0.717) is 19.3 Å². The van der Waals surface area contributed by atoms with Crippen LogP contribution in [-0.4, -0.2) is 37.2 Å². The van der Waals surface area contributed by atoms with Gasteiger partial charge in [-0.05, 0) is 89.9 Å². The summed E-state index contributed by atoms with van der Waals surface area (Å²) in [7, 11) is 0. The fourth-order valence-electron chi connectivity index (χ4n) is 9.51. The maximum atomic E-state index is 12.9. The van der Waals surface area contributed by atoms with Crippen molar-refractivity contribution < 1.29 is 28.6 Å². The summed E-state index contributed by atoms with van der Waals surface area (Å²) in [6.45, 7) is 6.41. The zero-order valence-corrected chi connectivity index (χ0v) is 51.0. The summed E-state index contributed by atoms with van der Waals surface area (Å²) in [4.78, 5) is 38.3. The topological polar surface area (TPSA) is 78.9 Å². The van der Waals surface area contributed by atoms with Crippen LogP contribution < -0.4 is 0 Å². The van der Waals surface area contributed by atoms with E-state index >= 15 is 0 Å². The van der Waals surface area contributed by atoms with Crippen LogP contribution in [0.2, 0.25) is 0 Å². The van der Waals surface area contributed by atoms with Gasteiger partial charge in [0.15, 0.2) is 6.10 Å². The molecular formula is C71H124O6. The molecule has 0 heterocycles. The van der Waals surface area contributed by atoms with Crippen molar-refractivity contribution in [1.82, 2.24) is 0 Å². The lowest BCUT2D eigenvalue weighted by Gasteiger charge is -2.18. The van der Waals surface area contributed by atoms with Crippen molar-refractivity contribution >= 4 is 17.9 Å². The first-order valence-corrected chi connectivity index (χ1v) is 33.1. The molecule has 0 aromatic carbocycles. The number of rotatable bonds is 60. The van der Waals surface area contributed by atoms with Gasteiger partial charge in [0.05, 0.1) is 0 Å². The van der Waals surface area contributed by atoms with Crippen LogP contribution in [0.5, 0.6) is 0 Å². The molecule has 0 saturated heterocycles. The van der Waals surface area contributed by atoms with Gasteiger partial charge in [-0.3, -0.25) is 14.4 Å². The molecule has 0 aliphatic carbocycles. The third kappa shape index (κ3) is 63.3. The van der Waals surface area contributed by atoms with Gasteiger partial charge in [0.1, 0.15) is 13.2 Å². The summed E-state index contributed by atoms with van der Waals surface area (Å²) >= 11 is 0. The Morgan fingerprint density at radius 2 is 0.506 bits per heavy atom. The summed E-state index contributed by atoms with van der Waals surface area (Å²) in [5.41, 5.74) is 0. The zero-order chi connectivity index (χ0) is 55.7. The highest BCUT2D eigenvalue weighted by molar-refractivity contribution is 5.71. The Balaban J connectivity index is 4.29. The van der Waals surface area contributed by atoms with Gasteiger partial charge in [-0.15, -0.1) is 0 Å². The van der Waals surface area contributed by atoms with Gasteiger partial charge in [0.2, 0.25) is 0 Å². The maximum absolute atomic E-state index is 12.9. The number of esters is 3. The minimum atomic E-state index is -0.799. The lowest BCUT2D eigenvalue weighted by Crippen LogP contribution is -2.30. The smallest absolute Gasteiger partial charge is 0.306 e. The molecule has 6 nitrogen and oxygen atoms in total. The molecule has 0 aliphatic rings. The monoisotopic (exact) mass is 1070 g/mol. The SMILES string of the molecule is CC/C=C\C/C=C\C/C=C\C/C=C\CCCCC(=O)OCC(COC(=O)CCCCCCCCCCCCCCCCCCCCCCCCCCCCC)OC(=O)CCCCCCCCC/C=C\C/C=C\C/C=C\CC. The Kier molecular flexibility index (Phi) is 62.2. The third-order valence-electron chi connectivity index (χ3n) is 14.4. The lowest BCUT2D eigenvalue weighted by molar-refractivity contribution is -0.167. The standard InChI is InChI=1S/C71H124O6/c1-4-7-10-13-16-19-22-25-28-30-31-32-33-34-35-36-37-38-39-41-43-46-49-52-55-58-61-64-70(73)76-67-68(66-75-69(72)63-60-57-54-51-48-45-42-27-24-21-18-15-12-9-6-3)77-71(74)65-62-59-56-53-50-47-44-40-29-26-23-20-17-14-11-8-5-2/h8-9,11-12,17-18,20-21,26-27,29,42,48,51,68H,4-7,10,13-16,19,22-25,28,30-41,43-47,49-50,52-67H2,1-3H3/b11-8-,12-9-,20-17-,21-18-,29-26-,42-27-,51-48-. The van der Waals surface area contributed by atoms with Gasteiger partial charge in [0.25, 0.3) is 0 Å². The molecule has 0 saturated carbocycles. The highest BCUT2D eigenvalue weighted by atomic mass is 16.6. The van der Waals surface area contributed by atoms with Gasteiger partial charge in [-0.25, -0.2) is 0 Å². The molecule has 444 valence electrons. The second-order valence-electron chi connectivity index (χ2n) is 22.0. The highest BCUT2D eigenvalue weighted by Crippen LogP contribution is 2.18. The van der Waals surface area contributed by atoms with Crippen LogP contribution in [0.4, 0.5) is 0 Å². The second-order valence-corrected chi connectivity index (χ2v) is 22.0. The third-order valence-corrected chi connectivity index (χ3v) is 14.4. The van der Waals surface area contributed by atoms with E-state index in [-0.39, 0.29) is 31.1 Å². The number of unbranched alkanes of at least 4 members (excludes halogenated alkanes) is 35. The maximum Gasteiger partial charge on any atom is 0.306 e. The molecule has 0 rings (SSSR count).